The van der Waals surface area contributed by atoms with Crippen molar-refractivity contribution < 1.29 is 17.6 Å². The number of rotatable bonds is 8. The van der Waals surface area contributed by atoms with Gasteiger partial charge in [0.15, 0.2) is 0 Å². The molecular weight excluding hydrogens is 295 g/mol. The van der Waals surface area contributed by atoms with E-state index in [2.05, 4.69) is 17.0 Å². The Kier molecular flexibility index (Phi) is 6.77. The van der Waals surface area contributed by atoms with Crippen LogP contribution in [0.25, 0.3) is 0 Å². The van der Waals surface area contributed by atoms with Crippen molar-refractivity contribution in [3.63, 3.8) is 0 Å². The normalized spacial score (nSPS) is 11.4. The van der Waals surface area contributed by atoms with Gasteiger partial charge in [-0.05, 0) is 37.1 Å². The molecule has 1 aromatic carbocycles. The van der Waals surface area contributed by atoms with Crippen molar-refractivity contribution >= 4 is 15.9 Å². The van der Waals surface area contributed by atoms with Crippen molar-refractivity contribution in [2.75, 3.05) is 13.1 Å². The van der Waals surface area contributed by atoms with Crippen molar-refractivity contribution in [3.05, 3.63) is 29.6 Å². The Morgan fingerprint density at radius 1 is 1.29 bits per heavy atom. The van der Waals surface area contributed by atoms with E-state index < -0.39 is 15.8 Å². The molecule has 1 amide bonds. The molecule has 0 fully saturated rings. The van der Waals surface area contributed by atoms with Gasteiger partial charge in [0.1, 0.15) is 5.82 Å². The van der Waals surface area contributed by atoms with Crippen LogP contribution < -0.4 is 10.0 Å². The van der Waals surface area contributed by atoms with Gasteiger partial charge in [0, 0.05) is 6.54 Å². The zero-order valence-corrected chi connectivity index (χ0v) is 13.1. The maximum atomic E-state index is 13.0. The topological polar surface area (TPSA) is 75.3 Å². The molecular formula is C14H21FN2O3S. The Morgan fingerprint density at radius 3 is 2.62 bits per heavy atom. The van der Waals surface area contributed by atoms with Gasteiger partial charge in [0.25, 0.3) is 0 Å². The number of amides is 1. The standard InChI is InChI=1S/C14H21FN2O3S/c1-3-4-5-8-16-14(18)10-17-21(19,20)13-7-6-12(15)9-11(13)2/h6-7,9,17H,3-5,8,10H2,1-2H3,(H,16,18). The Labute approximate surface area is 125 Å². The number of hydrogen-bond donors (Lipinski definition) is 2. The highest BCUT2D eigenvalue weighted by atomic mass is 32.2. The van der Waals surface area contributed by atoms with E-state index in [1.807, 2.05) is 0 Å². The molecule has 0 bridgehead atoms. The minimum absolute atomic E-state index is 0.0253. The second-order valence-corrected chi connectivity index (χ2v) is 6.53. The van der Waals surface area contributed by atoms with E-state index in [9.17, 15) is 17.6 Å². The van der Waals surface area contributed by atoms with Crippen LogP contribution in [0.3, 0.4) is 0 Å². The molecule has 5 nitrogen and oxygen atoms in total. The lowest BCUT2D eigenvalue weighted by Crippen LogP contribution is -2.37. The average Bonchev–Trinajstić information content (AvgIpc) is 2.41. The van der Waals surface area contributed by atoms with E-state index in [1.165, 1.54) is 13.0 Å². The molecule has 0 saturated heterocycles. The molecule has 0 aliphatic heterocycles. The number of nitrogens with one attached hydrogen (secondary N) is 2. The summed E-state index contributed by atoms with van der Waals surface area (Å²) in [4.78, 5) is 11.5. The van der Waals surface area contributed by atoms with Gasteiger partial charge in [-0.2, -0.15) is 0 Å². The van der Waals surface area contributed by atoms with Gasteiger partial charge in [0.05, 0.1) is 11.4 Å². The fraction of sp³-hybridized carbons (Fsp3) is 0.500. The van der Waals surface area contributed by atoms with Crippen molar-refractivity contribution in [3.8, 4) is 0 Å². The molecule has 0 atom stereocenters. The minimum Gasteiger partial charge on any atom is -0.355 e. The van der Waals surface area contributed by atoms with Gasteiger partial charge < -0.3 is 5.32 Å². The predicted molar refractivity (Wildman–Crippen MR) is 78.9 cm³/mol. The number of hydrogen-bond acceptors (Lipinski definition) is 3. The second-order valence-electron chi connectivity index (χ2n) is 4.79. The Bertz CT molecular complexity index is 588. The summed E-state index contributed by atoms with van der Waals surface area (Å²) in [7, 11) is -3.82. The van der Waals surface area contributed by atoms with E-state index in [0.29, 0.717) is 12.1 Å². The molecule has 1 aromatic rings. The van der Waals surface area contributed by atoms with Crippen LogP contribution in [0, 0.1) is 12.7 Å². The van der Waals surface area contributed by atoms with Crippen LogP contribution in [0.15, 0.2) is 23.1 Å². The van der Waals surface area contributed by atoms with E-state index in [1.54, 1.807) is 0 Å². The fourth-order valence-electron chi connectivity index (χ4n) is 1.82. The minimum atomic E-state index is -3.82. The maximum absolute atomic E-state index is 13.0. The molecule has 0 radical (unpaired) electrons. The van der Waals surface area contributed by atoms with E-state index >= 15 is 0 Å². The van der Waals surface area contributed by atoms with E-state index in [0.717, 1.165) is 31.4 Å². The first-order valence-electron chi connectivity index (χ1n) is 6.89. The summed E-state index contributed by atoms with van der Waals surface area (Å²) in [6.45, 7) is 3.76. The quantitative estimate of drug-likeness (QED) is 0.717. The molecule has 1 rings (SSSR count). The lowest BCUT2D eigenvalue weighted by atomic mass is 10.2. The van der Waals surface area contributed by atoms with Gasteiger partial charge >= 0.3 is 0 Å². The first-order valence-corrected chi connectivity index (χ1v) is 8.37. The molecule has 0 spiro atoms. The highest BCUT2D eigenvalue weighted by Gasteiger charge is 2.18. The molecule has 0 aliphatic carbocycles. The first-order chi connectivity index (χ1) is 9.86. The third kappa shape index (κ3) is 5.81. The number of unbranched alkanes of at least 4 members (excludes halogenated alkanes) is 2. The number of benzene rings is 1. The van der Waals surface area contributed by atoms with Gasteiger partial charge in [-0.3, -0.25) is 4.79 Å². The summed E-state index contributed by atoms with van der Waals surface area (Å²) >= 11 is 0. The van der Waals surface area contributed by atoms with Crippen LogP contribution in [0.1, 0.15) is 31.7 Å². The molecule has 0 aromatic heterocycles. The highest BCUT2D eigenvalue weighted by molar-refractivity contribution is 7.89. The summed E-state index contributed by atoms with van der Waals surface area (Å²) in [5.74, 6) is -0.880. The van der Waals surface area contributed by atoms with Crippen molar-refractivity contribution in [1.29, 1.82) is 0 Å². The molecule has 7 heteroatoms. The number of carbonyl (C=O) groups is 1. The summed E-state index contributed by atoms with van der Waals surface area (Å²) in [6, 6.07) is 3.40. The van der Waals surface area contributed by atoms with Crippen LogP contribution in [0.2, 0.25) is 0 Å². The highest BCUT2D eigenvalue weighted by Crippen LogP contribution is 2.15. The third-order valence-corrected chi connectivity index (χ3v) is 4.51. The maximum Gasteiger partial charge on any atom is 0.241 e. The number of halogens is 1. The Balaban J connectivity index is 2.55. The molecule has 0 unspecified atom stereocenters. The van der Waals surface area contributed by atoms with Gasteiger partial charge in [-0.1, -0.05) is 19.8 Å². The van der Waals surface area contributed by atoms with E-state index in [-0.39, 0.29) is 17.3 Å². The second kappa shape index (κ2) is 8.09. The average molecular weight is 316 g/mol. The predicted octanol–water partition coefficient (Wildman–Crippen LogP) is 1.72. The first kappa shape index (κ1) is 17.6. The zero-order valence-electron chi connectivity index (χ0n) is 12.3. The number of sulfonamides is 1. The summed E-state index contributed by atoms with van der Waals surface area (Å²) in [5.41, 5.74) is 0.297. The summed E-state index contributed by atoms with van der Waals surface area (Å²) in [5, 5.41) is 2.64. The van der Waals surface area contributed by atoms with Gasteiger partial charge in [-0.25, -0.2) is 17.5 Å². The largest absolute Gasteiger partial charge is 0.355 e. The summed E-state index contributed by atoms with van der Waals surface area (Å²) in [6.07, 6.45) is 2.93. The molecule has 2 N–H and O–H groups in total. The molecule has 21 heavy (non-hydrogen) atoms. The van der Waals surface area contributed by atoms with Crippen LogP contribution in [-0.4, -0.2) is 27.4 Å². The van der Waals surface area contributed by atoms with E-state index in [4.69, 9.17) is 0 Å². The van der Waals surface area contributed by atoms with Gasteiger partial charge in [-0.15, -0.1) is 0 Å². The lowest BCUT2D eigenvalue weighted by molar-refractivity contribution is -0.119. The number of aryl methyl sites for hydroxylation is 1. The van der Waals surface area contributed by atoms with Crippen LogP contribution in [0.5, 0.6) is 0 Å². The Hall–Kier alpha value is -1.47. The SMILES string of the molecule is CCCCCNC(=O)CNS(=O)(=O)c1ccc(F)cc1C. The lowest BCUT2D eigenvalue weighted by Gasteiger charge is -2.09. The molecule has 0 heterocycles. The third-order valence-electron chi connectivity index (χ3n) is 2.95. The molecule has 118 valence electrons. The monoisotopic (exact) mass is 316 g/mol. The van der Waals surface area contributed by atoms with Crippen molar-refractivity contribution in [2.24, 2.45) is 0 Å². The Morgan fingerprint density at radius 2 is 2.00 bits per heavy atom. The van der Waals surface area contributed by atoms with Crippen LogP contribution in [-0.2, 0) is 14.8 Å². The van der Waals surface area contributed by atoms with Crippen LogP contribution in [0.4, 0.5) is 4.39 Å². The van der Waals surface area contributed by atoms with Crippen molar-refractivity contribution in [2.45, 2.75) is 38.0 Å². The molecule has 0 aliphatic rings. The fourth-order valence-corrected chi connectivity index (χ4v) is 3.02. The number of carbonyl (C=O) groups excluding carboxylic acids is 1. The smallest absolute Gasteiger partial charge is 0.241 e. The zero-order chi connectivity index (χ0) is 15.9. The summed E-state index contributed by atoms with van der Waals surface area (Å²) < 4.78 is 39.2. The van der Waals surface area contributed by atoms with Gasteiger partial charge in [0.2, 0.25) is 15.9 Å². The van der Waals surface area contributed by atoms with Crippen LogP contribution >= 0.6 is 0 Å². The van der Waals surface area contributed by atoms with Crippen molar-refractivity contribution in [1.82, 2.24) is 10.0 Å². The molecule has 0 saturated carbocycles.